The van der Waals surface area contributed by atoms with Crippen LogP contribution in [0.4, 0.5) is 11.9 Å². The summed E-state index contributed by atoms with van der Waals surface area (Å²) in [6.45, 7) is 2.01. The van der Waals surface area contributed by atoms with Gasteiger partial charge < -0.3 is 15.4 Å². The molecule has 0 atom stereocenters. The second-order valence-corrected chi connectivity index (χ2v) is 4.93. The maximum atomic E-state index is 5.98. The number of piperidine rings is 1. The number of methoxy groups -OCH3 is 1. The van der Waals surface area contributed by atoms with E-state index in [1.54, 1.807) is 11.8 Å². The summed E-state index contributed by atoms with van der Waals surface area (Å²) in [5.74, 6) is 1.94. The van der Waals surface area contributed by atoms with Gasteiger partial charge in [-0.3, -0.25) is 0 Å². The number of nitrogens with two attached hydrogens (primary N) is 1. The molecule has 6 heteroatoms. The fourth-order valence-electron chi connectivity index (χ4n) is 2.45. The summed E-state index contributed by atoms with van der Waals surface area (Å²) in [6.07, 6.45) is 3.67. The maximum Gasteiger partial charge on any atom is 0.246 e. The lowest BCUT2D eigenvalue weighted by Crippen LogP contribution is -2.30. The summed E-state index contributed by atoms with van der Waals surface area (Å²) in [7, 11) is 1.65. The molecule has 0 spiro atoms. The van der Waals surface area contributed by atoms with E-state index >= 15 is 0 Å². The number of aromatic nitrogens is 3. The van der Waals surface area contributed by atoms with Gasteiger partial charge in [-0.1, -0.05) is 0 Å². The summed E-state index contributed by atoms with van der Waals surface area (Å²) in [5, 5.41) is 4.52. The van der Waals surface area contributed by atoms with Crippen LogP contribution < -0.4 is 15.4 Å². The first kappa shape index (κ1) is 12.8. The van der Waals surface area contributed by atoms with Crippen molar-refractivity contribution in [1.82, 2.24) is 14.8 Å². The Hall–Kier alpha value is -2.24. The summed E-state index contributed by atoms with van der Waals surface area (Å²) < 4.78 is 6.82. The number of nitrogen functional groups attached to an aromatic ring is 1. The Morgan fingerprint density at radius 2 is 1.80 bits per heavy atom. The van der Waals surface area contributed by atoms with Crippen molar-refractivity contribution in [2.75, 3.05) is 30.8 Å². The molecule has 1 fully saturated rings. The third kappa shape index (κ3) is 2.41. The second-order valence-electron chi connectivity index (χ2n) is 4.93. The average Bonchev–Trinajstić information content (AvgIpc) is 2.90. The van der Waals surface area contributed by atoms with Gasteiger partial charge in [0.25, 0.3) is 0 Å². The van der Waals surface area contributed by atoms with E-state index in [9.17, 15) is 0 Å². The Kier molecular flexibility index (Phi) is 3.45. The number of hydrogen-bond acceptors (Lipinski definition) is 5. The highest BCUT2D eigenvalue weighted by Gasteiger charge is 2.17. The first-order valence-electron chi connectivity index (χ1n) is 6.90. The van der Waals surface area contributed by atoms with Gasteiger partial charge in [0.15, 0.2) is 0 Å². The molecule has 20 heavy (non-hydrogen) atoms. The highest BCUT2D eigenvalue weighted by atomic mass is 16.5. The molecular weight excluding hydrogens is 254 g/mol. The van der Waals surface area contributed by atoms with Crippen LogP contribution in [0.2, 0.25) is 0 Å². The highest BCUT2D eigenvalue weighted by Crippen LogP contribution is 2.21. The van der Waals surface area contributed by atoms with E-state index in [0.717, 1.165) is 30.5 Å². The molecule has 3 rings (SSSR count). The highest BCUT2D eigenvalue weighted by molar-refractivity contribution is 5.45. The molecule has 1 aromatic carbocycles. The van der Waals surface area contributed by atoms with Gasteiger partial charge in [0, 0.05) is 13.1 Å². The summed E-state index contributed by atoms with van der Waals surface area (Å²) >= 11 is 0. The van der Waals surface area contributed by atoms with Gasteiger partial charge in [-0.2, -0.15) is 9.67 Å². The van der Waals surface area contributed by atoms with E-state index in [1.807, 2.05) is 24.3 Å². The molecule has 1 aliphatic heterocycles. The number of rotatable bonds is 3. The molecule has 0 radical (unpaired) electrons. The van der Waals surface area contributed by atoms with E-state index < -0.39 is 0 Å². The van der Waals surface area contributed by atoms with Crippen molar-refractivity contribution in [3.63, 3.8) is 0 Å². The maximum absolute atomic E-state index is 5.98. The zero-order valence-electron chi connectivity index (χ0n) is 11.6. The Labute approximate surface area is 118 Å². The third-order valence-electron chi connectivity index (χ3n) is 3.58. The van der Waals surface area contributed by atoms with Crippen LogP contribution in [0.1, 0.15) is 19.3 Å². The van der Waals surface area contributed by atoms with Crippen molar-refractivity contribution in [3.05, 3.63) is 24.3 Å². The van der Waals surface area contributed by atoms with Crippen LogP contribution in [0, 0.1) is 0 Å². The van der Waals surface area contributed by atoms with Crippen LogP contribution in [0.5, 0.6) is 5.75 Å². The van der Waals surface area contributed by atoms with E-state index in [0.29, 0.717) is 5.95 Å². The van der Waals surface area contributed by atoms with Crippen molar-refractivity contribution in [2.24, 2.45) is 0 Å². The minimum Gasteiger partial charge on any atom is -0.497 e. The molecule has 1 saturated heterocycles. The second kappa shape index (κ2) is 5.40. The molecule has 0 bridgehead atoms. The van der Waals surface area contributed by atoms with Crippen LogP contribution >= 0.6 is 0 Å². The SMILES string of the molecule is COc1ccc(-n2nc(N3CCCCC3)nc2N)cc1. The van der Waals surface area contributed by atoms with E-state index in [1.165, 1.54) is 19.3 Å². The van der Waals surface area contributed by atoms with Gasteiger partial charge >= 0.3 is 0 Å². The Bertz CT molecular complexity index is 572. The molecule has 0 saturated carbocycles. The molecule has 0 amide bonds. The smallest absolute Gasteiger partial charge is 0.246 e. The molecule has 2 N–H and O–H groups in total. The van der Waals surface area contributed by atoms with Crippen molar-refractivity contribution in [1.29, 1.82) is 0 Å². The molecule has 2 heterocycles. The zero-order chi connectivity index (χ0) is 13.9. The Morgan fingerprint density at radius 3 is 2.45 bits per heavy atom. The molecule has 106 valence electrons. The summed E-state index contributed by atoms with van der Waals surface area (Å²) in [5.41, 5.74) is 6.87. The minimum atomic E-state index is 0.413. The molecule has 1 aliphatic rings. The van der Waals surface area contributed by atoms with Crippen LogP contribution in [-0.2, 0) is 0 Å². The van der Waals surface area contributed by atoms with Crippen LogP contribution in [-0.4, -0.2) is 35.0 Å². The lowest BCUT2D eigenvalue weighted by Gasteiger charge is -2.24. The van der Waals surface area contributed by atoms with Crippen LogP contribution in [0.3, 0.4) is 0 Å². The lowest BCUT2D eigenvalue weighted by atomic mass is 10.1. The average molecular weight is 273 g/mol. The molecule has 6 nitrogen and oxygen atoms in total. The van der Waals surface area contributed by atoms with Gasteiger partial charge in [-0.25, -0.2) is 0 Å². The van der Waals surface area contributed by atoms with Gasteiger partial charge in [-0.15, -0.1) is 5.10 Å². The van der Waals surface area contributed by atoms with Gasteiger partial charge in [0.2, 0.25) is 11.9 Å². The lowest BCUT2D eigenvalue weighted by molar-refractivity contribution is 0.414. The van der Waals surface area contributed by atoms with Crippen molar-refractivity contribution < 1.29 is 4.74 Å². The molecular formula is C14H19N5O. The number of anilines is 2. The first-order valence-corrected chi connectivity index (χ1v) is 6.90. The van der Waals surface area contributed by atoms with Crippen molar-refractivity contribution >= 4 is 11.9 Å². The summed E-state index contributed by atoms with van der Waals surface area (Å²) in [6, 6.07) is 7.61. The largest absolute Gasteiger partial charge is 0.497 e. The van der Waals surface area contributed by atoms with E-state index in [2.05, 4.69) is 15.0 Å². The fraction of sp³-hybridized carbons (Fsp3) is 0.429. The number of nitrogens with zero attached hydrogens (tertiary/aromatic N) is 4. The third-order valence-corrected chi connectivity index (χ3v) is 3.58. The van der Waals surface area contributed by atoms with Gasteiger partial charge in [-0.05, 0) is 43.5 Å². The van der Waals surface area contributed by atoms with Gasteiger partial charge in [0.1, 0.15) is 5.75 Å². The Balaban J connectivity index is 1.87. The Morgan fingerprint density at radius 1 is 1.10 bits per heavy atom. The van der Waals surface area contributed by atoms with Gasteiger partial charge in [0.05, 0.1) is 12.8 Å². The number of hydrogen-bond donors (Lipinski definition) is 1. The number of benzene rings is 1. The minimum absolute atomic E-state index is 0.413. The van der Waals surface area contributed by atoms with Crippen LogP contribution in [0.15, 0.2) is 24.3 Å². The zero-order valence-corrected chi connectivity index (χ0v) is 11.6. The molecule has 2 aromatic rings. The van der Waals surface area contributed by atoms with Crippen LogP contribution in [0.25, 0.3) is 5.69 Å². The quantitative estimate of drug-likeness (QED) is 0.924. The normalized spacial score (nSPS) is 15.3. The standard InChI is InChI=1S/C14H19N5O/c1-20-12-7-5-11(6-8-12)19-13(15)16-14(17-19)18-9-3-2-4-10-18/h5-8H,2-4,9-10H2,1H3,(H2,15,16,17). The predicted octanol–water partition coefficient (Wildman–Crippen LogP) is 1.85. The first-order chi connectivity index (χ1) is 9.78. The topological polar surface area (TPSA) is 69.2 Å². The molecule has 1 aromatic heterocycles. The monoisotopic (exact) mass is 273 g/mol. The number of ether oxygens (including phenoxy) is 1. The summed E-state index contributed by atoms with van der Waals surface area (Å²) in [4.78, 5) is 6.57. The predicted molar refractivity (Wildman–Crippen MR) is 78.4 cm³/mol. The molecule has 0 aliphatic carbocycles. The van der Waals surface area contributed by atoms with Crippen molar-refractivity contribution in [2.45, 2.75) is 19.3 Å². The van der Waals surface area contributed by atoms with E-state index in [4.69, 9.17) is 10.5 Å². The van der Waals surface area contributed by atoms with Crippen molar-refractivity contribution in [3.8, 4) is 11.4 Å². The van der Waals surface area contributed by atoms with E-state index in [-0.39, 0.29) is 0 Å². The molecule has 0 unspecified atom stereocenters. The fourth-order valence-corrected chi connectivity index (χ4v) is 2.45.